The first-order valence-corrected chi connectivity index (χ1v) is 11.1. The molecule has 1 aliphatic heterocycles. The minimum absolute atomic E-state index is 0.123. The normalized spacial score (nSPS) is 16.0. The van der Waals surface area contributed by atoms with Gasteiger partial charge in [-0.1, -0.05) is 38.1 Å². The molecule has 3 rings (SSSR count). The Morgan fingerprint density at radius 1 is 1.10 bits per heavy atom. The Bertz CT molecular complexity index is 984. The summed E-state index contributed by atoms with van der Waals surface area (Å²) in [5.74, 6) is -0.131. The third-order valence-electron chi connectivity index (χ3n) is 4.91. The summed E-state index contributed by atoms with van der Waals surface area (Å²) in [6.07, 6.45) is 3.59. The fourth-order valence-electron chi connectivity index (χ4n) is 2.91. The van der Waals surface area contributed by atoms with Gasteiger partial charge in [0, 0.05) is 5.69 Å². The Balaban J connectivity index is 1.62. The summed E-state index contributed by atoms with van der Waals surface area (Å²) in [6, 6.07) is 14.8. The van der Waals surface area contributed by atoms with Gasteiger partial charge < -0.3 is 10.1 Å². The van der Waals surface area contributed by atoms with Gasteiger partial charge in [-0.3, -0.25) is 19.3 Å². The zero-order chi connectivity index (χ0) is 22.4. The number of anilines is 1. The summed E-state index contributed by atoms with van der Waals surface area (Å²) in [5, 5.41) is 2.27. The molecule has 0 bridgehead atoms. The fourth-order valence-corrected chi connectivity index (χ4v) is 3.75. The van der Waals surface area contributed by atoms with Crippen molar-refractivity contribution in [2.75, 3.05) is 11.9 Å². The van der Waals surface area contributed by atoms with E-state index in [0.717, 1.165) is 46.4 Å². The van der Waals surface area contributed by atoms with Crippen LogP contribution in [0.2, 0.25) is 0 Å². The van der Waals surface area contributed by atoms with E-state index in [0.29, 0.717) is 10.6 Å². The number of thioether (sulfide) groups is 1. The smallest absolute Gasteiger partial charge is 0.294 e. The number of amides is 3. The Morgan fingerprint density at radius 3 is 2.39 bits per heavy atom. The fraction of sp³-hybridized carbons (Fsp3) is 0.292. The Hall–Kier alpha value is -3.06. The number of benzene rings is 2. The minimum Gasteiger partial charge on any atom is -0.491 e. The number of rotatable bonds is 8. The van der Waals surface area contributed by atoms with Crippen LogP contribution in [0.4, 0.5) is 10.5 Å². The molecule has 0 saturated carbocycles. The largest absolute Gasteiger partial charge is 0.491 e. The van der Waals surface area contributed by atoms with Gasteiger partial charge in [-0.15, -0.1) is 0 Å². The van der Waals surface area contributed by atoms with Gasteiger partial charge in [0.1, 0.15) is 12.3 Å². The molecule has 162 valence electrons. The molecule has 0 aliphatic carbocycles. The SMILES string of the molecule is CCc1ccc(NC(=O)CN2C(=O)S/C(=C\c3ccc(O[C@H](C)CC)cc3)C2=O)cc1. The van der Waals surface area contributed by atoms with Gasteiger partial charge in [0.25, 0.3) is 11.1 Å². The molecular formula is C24H26N2O4S. The van der Waals surface area contributed by atoms with E-state index in [4.69, 9.17) is 4.74 Å². The molecule has 31 heavy (non-hydrogen) atoms. The first kappa shape index (κ1) is 22.6. The molecule has 0 unspecified atom stereocenters. The van der Waals surface area contributed by atoms with Gasteiger partial charge in [0.05, 0.1) is 11.0 Å². The average Bonchev–Trinajstić information content (AvgIpc) is 3.02. The number of imide groups is 1. The molecule has 2 aromatic carbocycles. The van der Waals surface area contributed by atoms with Gasteiger partial charge >= 0.3 is 0 Å². The number of carbonyl (C=O) groups is 3. The molecule has 6 nitrogen and oxygen atoms in total. The summed E-state index contributed by atoms with van der Waals surface area (Å²) in [5.41, 5.74) is 2.57. The molecule has 0 radical (unpaired) electrons. The quantitative estimate of drug-likeness (QED) is 0.580. The van der Waals surface area contributed by atoms with Crippen LogP contribution < -0.4 is 10.1 Å². The molecule has 7 heteroatoms. The van der Waals surface area contributed by atoms with Gasteiger partial charge in [-0.05, 0) is 73.0 Å². The highest BCUT2D eigenvalue weighted by molar-refractivity contribution is 8.18. The number of hydrogen-bond donors (Lipinski definition) is 1. The van der Waals surface area contributed by atoms with Crippen molar-refractivity contribution in [1.82, 2.24) is 4.90 Å². The lowest BCUT2D eigenvalue weighted by molar-refractivity contribution is -0.127. The van der Waals surface area contributed by atoms with Crippen LogP contribution in [0.25, 0.3) is 6.08 Å². The molecule has 3 amide bonds. The van der Waals surface area contributed by atoms with Crippen molar-refractivity contribution >= 4 is 40.6 Å². The van der Waals surface area contributed by atoms with Crippen LogP contribution in [0.5, 0.6) is 5.75 Å². The van der Waals surface area contributed by atoms with Gasteiger partial charge in [-0.2, -0.15) is 0 Å². The zero-order valence-corrected chi connectivity index (χ0v) is 18.7. The third kappa shape index (κ3) is 5.98. The van der Waals surface area contributed by atoms with Crippen LogP contribution in [0.1, 0.15) is 38.3 Å². The van der Waals surface area contributed by atoms with Crippen molar-refractivity contribution in [1.29, 1.82) is 0 Å². The molecule has 0 spiro atoms. The summed E-state index contributed by atoms with van der Waals surface area (Å²) in [7, 11) is 0. The van der Waals surface area contributed by atoms with Gasteiger partial charge in [0.15, 0.2) is 0 Å². The first-order chi connectivity index (χ1) is 14.9. The molecule has 1 N–H and O–H groups in total. The van der Waals surface area contributed by atoms with E-state index in [1.807, 2.05) is 43.3 Å². The molecule has 1 atom stereocenters. The first-order valence-electron chi connectivity index (χ1n) is 10.3. The number of ether oxygens (including phenoxy) is 1. The van der Waals surface area contributed by atoms with Crippen molar-refractivity contribution in [2.24, 2.45) is 0 Å². The maximum atomic E-state index is 12.7. The molecular weight excluding hydrogens is 412 g/mol. The second-order valence-electron chi connectivity index (χ2n) is 7.27. The van der Waals surface area contributed by atoms with Crippen molar-refractivity contribution < 1.29 is 19.1 Å². The second kappa shape index (κ2) is 10.3. The summed E-state index contributed by atoms with van der Waals surface area (Å²) in [6.45, 7) is 5.78. The van der Waals surface area contributed by atoms with E-state index >= 15 is 0 Å². The van der Waals surface area contributed by atoms with Crippen LogP contribution in [-0.2, 0) is 16.0 Å². The summed E-state index contributed by atoms with van der Waals surface area (Å²) < 4.78 is 5.75. The number of carbonyl (C=O) groups excluding carboxylic acids is 3. The van der Waals surface area contributed by atoms with Gasteiger partial charge in [-0.25, -0.2) is 0 Å². The summed E-state index contributed by atoms with van der Waals surface area (Å²) >= 11 is 0.836. The Labute approximate surface area is 186 Å². The standard InChI is InChI=1S/C24H26N2O4S/c1-4-16(3)30-20-12-8-18(9-13-20)14-21-23(28)26(24(29)31-21)15-22(27)25-19-10-6-17(5-2)7-11-19/h6-14,16H,4-5,15H2,1-3H3,(H,25,27)/b21-14-/t16-/m1/s1. The molecule has 1 aliphatic rings. The van der Waals surface area contributed by atoms with Crippen LogP contribution in [0.3, 0.4) is 0 Å². The zero-order valence-electron chi connectivity index (χ0n) is 17.9. The highest BCUT2D eigenvalue weighted by atomic mass is 32.2. The van der Waals surface area contributed by atoms with Crippen LogP contribution in [0.15, 0.2) is 53.4 Å². The number of hydrogen-bond acceptors (Lipinski definition) is 5. The summed E-state index contributed by atoms with van der Waals surface area (Å²) in [4.78, 5) is 38.5. The highest BCUT2D eigenvalue weighted by Gasteiger charge is 2.36. The number of nitrogens with one attached hydrogen (secondary N) is 1. The topological polar surface area (TPSA) is 75.7 Å². The second-order valence-corrected chi connectivity index (χ2v) is 8.27. The third-order valence-corrected chi connectivity index (χ3v) is 5.82. The van der Waals surface area contributed by atoms with Gasteiger partial charge in [0.2, 0.25) is 5.91 Å². The van der Waals surface area contributed by atoms with E-state index < -0.39 is 17.1 Å². The predicted octanol–water partition coefficient (Wildman–Crippen LogP) is 5.10. The molecule has 0 aromatic heterocycles. The minimum atomic E-state index is -0.466. The van der Waals surface area contributed by atoms with Crippen molar-refractivity contribution in [3.8, 4) is 5.75 Å². The van der Waals surface area contributed by atoms with Crippen molar-refractivity contribution in [3.63, 3.8) is 0 Å². The van der Waals surface area contributed by atoms with Crippen LogP contribution in [0, 0.1) is 0 Å². The van der Waals surface area contributed by atoms with Crippen LogP contribution >= 0.6 is 11.8 Å². The van der Waals surface area contributed by atoms with Crippen molar-refractivity contribution in [2.45, 2.75) is 39.7 Å². The molecule has 1 saturated heterocycles. The number of nitrogens with zero attached hydrogens (tertiary/aromatic N) is 1. The average molecular weight is 439 g/mol. The Morgan fingerprint density at radius 2 is 1.77 bits per heavy atom. The lowest BCUT2D eigenvalue weighted by Gasteiger charge is -2.13. The molecule has 2 aromatic rings. The van der Waals surface area contributed by atoms with Crippen molar-refractivity contribution in [3.05, 3.63) is 64.6 Å². The lowest BCUT2D eigenvalue weighted by Crippen LogP contribution is -2.36. The van der Waals surface area contributed by atoms with E-state index in [2.05, 4.69) is 19.2 Å². The maximum Gasteiger partial charge on any atom is 0.294 e. The maximum absolute atomic E-state index is 12.7. The number of aryl methyl sites for hydroxylation is 1. The highest BCUT2D eigenvalue weighted by Crippen LogP contribution is 2.32. The van der Waals surface area contributed by atoms with E-state index in [1.165, 1.54) is 0 Å². The monoisotopic (exact) mass is 438 g/mol. The van der Waals surface area contributed by atoms with E-state index in [1.54, 1.807) is 18.2 Å². The van der Waals surface area contributed by atoms with E-state index in [-0.39, 0.29) is 12.6 Å². The Kier molecular flexibility index (Phi) is 7.52. The van der Waals surface area contributed by atoms with E-state index in [9.17, 15) is 14.4 Å². The predicted molar refractivity (Wildman–Crippen MR) is 124 cm³/mol. The molecule has 1 heterocycles. The van der Waals surface area contributed by atoms with Crippen LogP contribution in [-0.4, -0.2) is 34.6 Å². The lowest BCUT2D eigenvalue weighted by atomic mass is 10.1. The molecule has 1 fully saturated rings.